The van der Waals surface area contributed by atoms with E-state index in [2.05, 4.69) is 25.3 Å². The molecule has 0 aliphatic rings. The summed E-state index contributed by atoms with van der Waals surface area (Å²) in [5.74, 6) is 0.132. The summed E-state index contributed by atoms with van der Waals surface area (Å²) in [6.45, 7) is 2.13. The minimum atomic E-state index is -0.337. The van der Waals surface area contributed by atoms with Crippen molar-refractivity contribution in [2.45, 2.75) is 6.92 Å². The van der Waals surface area contributed by atoms with Crippen LogP contribution in [0.5, 0.6) is 0 Å². The van der Waals surface area contributed by atoms with Crippen molar-refractivity contribution in [2.75, 3.05) is 11.9 Å². The molecule has 0 aliphatic heterocycles. The zero-order chi connectivity index (χ0) is 18.6. The molecule has 0 amide bonds. The van der Waals surface area contributed by atoms with Crippen molar-refractivity contribution in [2.24, 2.45) is 0 Å². The van der Waals surface area contributed by atoms with Crippen molar-refractivity contribution in [1.82, 2.24) is 19.9 Å². The molecule has 7 heteroatoms. The van der Waals surface area contributed by atoms with Gasteiger partial charge in [0.1, 0.15) is 5.65 Å². The van der Waals surface area contributed by atoms with Crippen LogP contribution in [0.3, 0.4) is 0 Å². The Labute approximate surface area is 155 Å². The van der Waals surface area contributed by atoms with Crippen LogP contribution < -0.4 is 5.32 Å². The van der Waals surface area contributed by atoms with Crippen molar-refractivity contribution in [3.05, 3.63) is 66.6 Å². The van der Waals surface area contributed by atoms with Crippen LogP contribution in [0.2, 0.25) is 0 Å². The second kappa shape index (κ2) is 7.25. The maximum absolute atomic E-state index is 11.7. The molecular weight excluding hydrogens is 342 g/mol. The van der Waals surface area contributed by atoms with Gasteiger partial charge in [0, 0.05) is 35.2 Å². The number of aromatic nitrogens is 4. The first-order chi connectivity index (χ1) is 13.2. The van der Waals surface area contributed by atoms with Crippen LogP contribution in [0.25, 0.3) is 22.3 Å². The minimum Gasteiger partial charge on any atom is -0.462 e. The fourth-order valence-electron chi connectivity index (χ4n) is 2.79. The number of H-pyrrole nitrogens is 1. The summed E-state index contributed by atoms with van der Waals surface area (Å²) in [5, 5.41) is 4.16. The van der Waals surface area contributed by atoms with Gasteiger partial charge in [0.25, 0.3) is 0 Å². The summed E-state index contributed by atoms with van der Waals surface area (Å²) in [5.41, 5.74) is 3.87. The van der Waals surface area contributed by atoms with Gasteiger partial charge in [0.05, 0.1) is 17.9 Å². The number of hydrogen-bond acceptors (Lipinski definition) is 6. The first kappa shape index (κ1) is 16.7. The van der Waals surface area contributed by atoms with E-state index in [1.54, 1.807) is 43.6 Å². The predicted octanol–water partition coefficient (Wildman–Crippen LogP) is 3.94. The lowest BCUT2D eigenvalue weighted by atomic mass is 10.1. The molecule has 0 saturated carbocycles. The van der Waals surface area contributed by atoms with Gasteiger partial charge in [-0.25, -0.2) is 19.7 Å². The second-order valence-corrected chi connectivity index (χ2v) is 5.79. The molecule has 0 spiro atoms. The van der Waals surface area contributed by atoms with E-state index in [1.807, 2.05) is 24.4 Å². The van der Waals surface area contributed by atoms with Crippen LogP contribution in [0.4, 0.5) is 11.6 Å². The summed E-state index contributed by atoms with van der Waals surface area (Å²) in [4.78, 5) is 28.0. The van der Waals surface area contributed by atoms with Crippen molar-refractivity contribution in [3.63, 3.8) is 0 Å². The van der Waals surface area contributed by atoms with Crippen molar-refractivity contribution in [3.8, 4) is 11.3 Å². The number of rotatable bonds is 5. The number of carbonyl (C=O) groups is 1. The first-order valence-electron chi connectivity index (χ1n) is 8.54. The molecule has 2 N–H and O–H groups in total. The largest absolute Gasteiger partial charge is 0.462 e. The number of carbonyl (C=O) groups excluding carboxylic acids is 1. The van der Waals surface area contributed by atoms with Gasteiger partial charge in [-0.2, -0.15) is 0 Å². The lowest BCUT2D eigenvalue weighted by Gasteiger charge is -2.08. The molecule has 1 aromatic carbocycles. The highest BCUT2D eigenvalue weighted by Crippen LogP contribution is 2.26. The number of nitrogens with zero attached hydrogens (tertiary/aromatic N) is 3. The molecule has 0 saturated heterocycles. The molecule has 3 heterocycles. The summed E-state index contributed by atoms with van der Waals surface area (Å²) >= 11 is 0. The van der Waals surface area contributed by atoms with Gasteiger partial charge in [-0.3, -0.25) is 0 Å². The molecule has 7 nitrogen and oxygen atoms in total. The van der Waals surface area contributed by atoms with E-state index in [0.717, 1.165) is 28.0 Å². The van der Waals surface area contributed by atoms with E-state index in [1.165, 1.54) is 0 Å². The van der Waals surface area contributed by atoms with Crippen LogP contribution in [0.1, 0.15) is 17.3 Å². The van der Waals surface area contributed by atoms with Gasteiger partial charge in [-0.15, -0.1) is 0 Å². The minimum absolute atomic E-state index is 0.337. The highest BCUT2D eigenvalue weighted by molar-refractivity contribution is 5.92. The zero-order valence-electron chi connectivity index (χ0n) is 14.6. The van der Waals surface area contributed by atoms with Gasteiger partial charge in [0.15, 0.2) is 0 Å². The quantitative estimate of drug-likeness (QED) is 0.524. The van der Waals surface area contributed by atoms with E-state index < -0.39 is 0 Å². The number of benzene rings is 1. The van der Waals surface area contributed by atoms with E-state index >= 15 is 0 Å². The highest BCUT2D eigenvalue weighted by atomic mass is 16.5. The van der Waals surface area contributed by atoms with Crippen molar-refractivity contribution < 1.29 is 9.53 Å². The van der Waals surface area contributed by atoms with Gasteiger partial charge >= 0.3 is 5.97 Å². The molecule has 134 valence electrons. The topological polar surface area (TPSA) is 92.8 Å². The number of pyridine rings is 1. The molecule has 0 aliphatic carbocycles. The lowest BCUT2D eigenvalue weighted by Crippen LogP contribution is -2.04. The molecule has 0 atom stereocenters. The van der Waals surface area contributed by atoms with Gasteiger partial charge in [0.2, 0.25) is 5.95 Å². The number of aromatic amines is 1. The molecule has 0 fully saturated rings. The van der Waals surface area contributed by atoms with Gasteiger partial charge in [-0.1, -0.05) is 0 Å². The molecular formula is C20H17N5O2. The lowest BCUT2D eigenvalue weighted by molar-refractivity contribution is 0.0526. The van der Waals surface area contributed by atoms with Crippen LogP contribution >= 0.6 is 0 Å². The smallest absolute Gasteiger partial charge is 0.338 e. The molecule has 3 aromatic heterocycles. The molecule has 4 rings (SSSR count). The number of fused-ring (bicyclic) bond motifs is 1. The summed E-state index contributed by atoms with van der Waals surface area (Å²) in [6, 6.07) is 12.7. The maximum Gasteiger partial charge on any atom is 0.338 e. The van der Waals surface area contributed by atoms with Crippen molar-refractivity contribution in [1.29, 1.82) is 0 Å². The molecule has 0 unspecified atom stereocenters. The monoisotopic (exact) mass is 359 g/mol. The number of anilines is 2. The summed E-state index contributed by atoms with van der Waals surface area (Å²) < 4.78 is 4.99. The Kier molecular flexibility index (Phi) is 4.49. The average Bonchev–Trinajstić information content (AvgIpc) is 3.18. The number of ether oxygens (including phenoxy) is 1. The third kappa shape index (κ3) is 3.48. The van der Waals surface area contributed by atoms with Crippen LogP contribution in [0.15, 0.2) is 61.1 Å². The fourth-order valence-corrected chi connectivity index (χ4v) is 2.79. The van der Waals surface area contributed by atoms with E-state index in [9.17, 15) is 4.79 Å². The Balaban J connectivity index is 1.58. The Hall–Kier alpha value is -3.74. The third-order valence-corrected chi connectivity index (χ3v) is 4.04. The highest BCUT2D eigenvalue weighted by Gasteiger charge is 2.09. The molecule has 0 radical (unpaired) electrons. The third-order valence-electron chi connectivity index (χ3n) is 4.04. The zero-order valence-corrected chi connectivity index (χ0v) is 14.6. The Morgan fingerprint density at radius 3 is 2.70 bits per heavy atom. The van der Waals surface area contributed by atoms with Gasteiger partial charge in [-0.05, 0) is 49.4 Å². The summed E-state index contributed by atoms with van der Waals surface area (Å²) in [6.07, 6.45) is 5.31. The Morgan fingerprint density at radius 1 is 1.07 bits per heavy atom. The number of hydrogen-bond donors (Lipinski definition) is 2. The van der Waals surface area contributed by atoms with E-state index in [4.69, 9.17) is 4.74 Å². The number of esters is 1. The molecule has 0 bridgehead atoms. The maximum atomic E-state index is 11.7. The molecule has 4 aromatic rings. The van der Waals surface area contributed by atoms with Crippen LogP contribution in [-0.4, -0.2) is 32.5 Å². The Morgan fingerprint density at radius 2 is 1.89 bits per heavy atom. The van der Waals surface area contributed by atoms with Gasteiger partial charge < -0.3 is 15.0 Å². The van der Waals surface area contributed by atoms with Crippen LogP contribution in [0, 0.1) is 0 Å². The normalized spacial score (nSPS) is 10.7. The number of nitrogens with one attached hydrogen (secondary N) is 2. The average molecular weight is 359 g/mol. The second-order valence-electron chi connectivity index (χ2n) is 5.79. The Bertz CT molecular complexity index is 1090. The molecule has 27 heavy (non-hydrogen) atoms. The standard InChI is InChI=1S/C20H17N5O2/c1-2-27-19(26)13-3-5-14(6-4-13)24-20-23-12-9-17(25-20)15-7-10-21-18-16(15)8-11-22-18/h3-12H,2H2,1H3,(H,21,22)(H,23,24,25). The van der Waals surface area contributed by atoms with E-state index in [-0.39, 0.29) is 5.97 Å². The summed E-state index contributed by atoms with van der Waals surface area (Å²) in [7, 11) is 0. The first-order valence-corrected chi connectivity index (χ1v) is 8.54. The predicted molar refractivity (Wildman–Crippen MR) is 103 cm³/mol. The van der Waals surface area contributed by atoms with Crippen LogP contribution in [-0.2, 0) is 4.74 Å². The SMILES string of the molecule is CCOC(=O)c1ccc(Nc2nccc(-c3ccnc4[nH]ccc34)n2)cc1. The van der Waals surface area contributed by atoms with E-state index in [0.29, 0.717) is 18.1 Å². The fraction of sp³-hybridized carbons (Fsp3) is 0.100. The van der Waals surface area contributed by atoms with Crippen molar-refractivity contribution >= 4 is 28.6 Å².